The zero-order chi connectivity index (χ0) is 7.78. The normalized spacial score (nSPS) is 33.6. The highest BCUT2D eigenvalue weighted by Crippen LogP contribution is 2.40. The maximum absolute atomic E-state index is 11.9. The van der Waals surface area contributed by atoms with Gasteiger partial charge in [0.2, 0.25) is 0 Å². The first-order valence-corrected chi connectivity index (χ1v) is 3.29. The van der Waals surface area contributed by atoms with Gasteiger partial charge in [-0.2, -0.15) is 13.2 Å². The van der Waals surface area contributed by atoms with Gasteiger partial charge in [-0.1, -0.05) is 0 Å². The first-order valence-electron chi connectivity index (χ1n) is 3.29. The lowest BCUT2D eigenvalue weighted by atomic mass is 9.79. The summed E-state index contributed by atoms with van der Waals surface area (Å²) in [4.78, 5) is 0. The van der Waals surface area contributed by atoms with Crippen molar-refractivity contribution in [3.05, 3.63) is 0 Å². The fraction of sp³-hybridized carbons (Fsp3) is 1.00. The third kappa shape index (κ3) is 1.26. The van der Waals surface area contributed by atoms with Crippen molar-refractivity contribution in [2.45, 2.75) is 25.1 Å². The Balaban J connectivity index is 2.43. The molecule has 1 fully saturated rings. The van der Waals surface area contributed by atoms with Gasteiger partial charge in [0.05, 0.1) is 5.92 Å². The van der Waals surface area contributed by atoms with E-state index in [1.807, 2.05) is 0 Å². The molecular formula is C6H10F3N. The first-order chi connectivity index (χ1) is 4.55. The second-order valence-corrected chi connectivity index (χ2v) is 2.62. The minimum absolute atomic E-state index is 0.287. The summed E-state index contributed by atoms with van der Waals surface area (Å²) in [5.74, 6) is -1.10. The van der Waals surface area contributed by atoms with Gasteiger partial charge in [0.15, 0.2) is 0 Å². The second kappa shape index (κ2) is 2.42. The molecule has 1 nitrogen and oxygen atoms in total. The van der Waals surface area contributed by atoms with Crippen LogP contribution in [0.2, 0.25) is 0 Å². The van der Waals surface area contributed by atoms with Crippen LogP contribution in [-0.2, 0) is 0 Å². The molecule has 0 aromatic carbocycles. The van der Waals surface area contributed by atoms with Crippen molar-refractivity contribution in [3.63, 3.8) is 0 Å². The lowest BCUT2D eigenvalue weighted by molar-refractivity contribution is -0.202. The molecule has 2 atom stereocenters. The van der Waals surface area contributed by atoms with Crippen LogP contribution in [0.3, 0.4) is 0 Å². The Bertz CT molecular complexity index is 119. The van der Waals surface area contributed by atoms with E-state index >= 15 is 0 Å². The molecule has 0 bridgehead atoms. The fourth-order valence-electron chi connectivity index (χ4n) is 1.24. The molecule has 1 rings (SSSR count). The molecule has 1 saturated carbocycles. The first kappa shape index (κ1) is 7.85. The molecule has 0 aromatic rings. The predicted molar refractivity (Wildman–Crippen MR) is 31.6 cm³/mol. The second-order valence-electron chi connectivity index (χ2n) is 2.62. The average molecular weight is 153 g/mol. The van der Waals surface area contributed by atoms with E-state index in [-0.39, 0.29) is 12.5 Å². The molecular weight excluding hydrogens is 143 g/mol. The molecule has 10 heavy (non-hydrogen) atoms. The molecule has 60 valence electrons. The van der Waals surface area contributed by atoms with Gasteiger partial charge in [-0.15, -0.1) is 0 Å². The van der Waals surface area contributed by atoms with Crippen LogP contribution in [0.5, 0.6) is 0 Å². The molecule has 1 aliphatic rings. The molecule has 0 saturated heterocycles. The highest BCUT2D eigenvalue weighted by atomic mass is 19.4. The zero-order valence-electron chi connectivity index (χ0n) is 5.70. The largest absolute Gasteiger partial charge is 0.393 e. The van der Waals surface area contributed by atoms with Crippen molar-refractivity contribution in [2.24, 2.45) is 5.92 Å². The Labute approximate surface area is 57.6 Å². The maximum atomic E-state index is 11.9. The van der Waals surface area contributed by atoms with Crippen LogP contribution in [0.4, 0.5) is 13.2 Å². The summed E-state index contributed by atoms with van der Waals surface area (Å²) in [6, 6.07) is -0.333. The lowest BCUT2D eigenvalue weighted by Crippen LogP contribution is -2.49. The van der Waals surface area contributed by atoms with Crippen LogP contribution in [0.15, 0.2) is 0 Å². The predicted octanol–water partition coefficient (Wildman–Crippen LogP) is 1.55. The number of nitrogens with one attached hydrogen (secondary N) is 1. The van der Waals surface area contributed by atoms with E-state index in [4.69, 9.17) is 0 Å². The van der Waals surface area contributed by atoms with Gasteiger partial charge >= 0.3 is 6.18 Å². The molecule has 4 heteroatoms. The van der Waals surface area contributed by atoms with Gasteiger partial charge in [-0.25, -0.2) is 0 Å². The van der Waals surface area contributed by atoms with Crippen LogP contribution in [0.1, 0.15) is 12.8 Å². The van der Waals surface area contributed by atoms with Crippen LogP contribution in [0, 0.1) is 5.92 Å². The Morgan fingerprint density at radius 1 is 1.30 bits per heavy atom. The topological polar surface area (TPSA) is 12.0 Å². The maximum Gasteiger partial charge on any atom is 0.393 e. The molecule has 2 unspecified atom stereocenters. The van der Waals surface area contributed by atoms with Crippen LogP contribution >= 0.6 is 0 Å². The fourth-order valence-corrected chi connectivity index (χ4v) is 1.24. The zero-order valence-corrected chi connectivity index (χ0v) is 5.70. The number of hydrogen-bond donors (Lipinski definition) is 1. The Morgan fingerprint density at radius 2 is 1.90 bits per heavy atom. The van der Waals surface area contributed by atoms with Gasteiger partial charge in [0.25, 0.3) is 0 Å². The minimum atomic E-state index is -3.99. The van der Waals surface area contributed by atoms with Gasteiger partial charge in [-0.3, -0.25) is 0 Å². The van der Waals surface area contributed by atoms with Crippen LogP contribution in [-0.4, -0.2) is 19.3 Å². The highest BCUT2D eigenvalue weighted by Gasteiger charge is 2.49. The molecule has 0 amide bonds. The Morgan fingerprint density at radius 3 is 2.00 bits per heavy atom. The van der Waals surface area contributed by atoms with Gasteiger partial charge < -0.3 is 5.32 Å². The average Bonchev–Trinajstić information content (AvgIpc) is 1.57. The number of halogens is 3. The summed E-state index contributed by atoms with van der Waals surface area (Å²) in [5, 5.41) is 2.64. The lowest BCUT2D eigenvalue weighted by Gasteiger charge is -2.37. The molecule has 0 aromatic heterocycles. The van der Waals surface area contributed by atoms with Crippen LogP contribution < -0.4 is 5.32 Å². The van der Waals surface area contributed by atoms with E-state index < -0.39 is 12.1 Å². The van der Waals surface area contributed by atoms with Gasteiger partial charge in [0, 0.05) is 6.04 Å². The molecule has 0 aliphatic heterocycles. The van der Waals surface area contributed by atoms with Crippen molar-refractivity contribution in [1.29, 1.82) is 0 Å². The molecule has 0 radical (unpaired) electrons. The van der Waals surface area contributed by atoms with E-state index in [9.17, 15) is 13.2 Å². The van der Waals surface area contributed by atoms with Crippen molar-refractivity contribution < 1.29 is 13.2 Å². The van der Waals surface area contributed by atoms with Gasteiger partial charge in [-0.05, 0) is 19.9 Å². The summed E-state index contributed by atoms with van der Waals surface area (Å²) < 4.78 is 35.7. The van der Waals surface area contributed by atoms with E-state index in [1.54, 1.807) is 7.05 Å². The van der Waals surface area contributed by atoms with Crippen molar-refractivity contribution in [2.75, 3.05) is 7.05 Å². The summed E-state index contributed by atoms with van der Waals surface area (Å²) in [7, 11) is 1.57. The summed E-state index contributed by atoms with van der Waals surface area (Å²) in [6.45, 7) is 0. The Hall–Kier alpha value is -0.250. The van der Waals surface area contributed by atoms with Gasteiger partial charge in [0.1, 0.15) is 0 Å². The SMILES string of the molecule is CNC1CCC1C(F)(F)F. The number of hydrogen-bond acceptors (Lipinski definition) is 1. The van der Waals surface area contributed by atoms with Crippen molar-refractivity contribution in [1.82, 2.24) is 5.32 Å². The monoisotopic (exact) mass is 153 g/mol. The molecule has 0 heterocycles. The van der Waals surface area contributed by atoms with E-state index in [0.717, 1.165) is 0 Å². The summed E-state index contributed by atoms with van der Waals surface area (Å²) >= 11 is 0. The third-order valence-electron chi connectivity index (χ3n) is 2.07. The summed E-state index contributed by atoms with van der Waals surface area (Å²) in [5.41, 5.74) is 0. The third-order valence-corrected chi connectivity index (χ3v) is 2.07. The smallest absolute Gasteiger partial charge is 0.316 e. The molecule has 0 spiro atoms. The number of rotatable bonds is 1. The summed E-state index contributed by atoms with van der Waals surface area (Å²) in [6.07, 6.45) is -3.05. The Kier molecular flexibility index (Phi) is 1.90. The van der Waals surface area contributed by atoms with E-state index in [1.165, 1.54) is 0 Å². The molecule has 1 aliphatic carbocycles. The van der Waals surface area contributed by atoms with Crippen LogP contribution in [0.25, 0.3) is 0 Å². The van der Waals surface area contributed by atoms with E-state index in [0.29, 0.717) is 6.42 Å². The van der Waals surface area contributed by atoms with E-state index in [2.05, 4.69) is 5.32 Å². The number of alkyl halides is 3. The highest BCUT2D eigenvalue weighted by molar-refractivity contribution is 4.89. The van der Waals surface area contributed by atoms with Crippen molar-refractivity contribution >= 4 is 0 Å². The molecule has 1 N–H and O–H groups in total. The quantitative estimate of drug-likeness (QED) is 0.602. The van der Waals surface area contributed by atoms with Crippen molar-refractivity contribution in [3.8, 4) is 0 Å². The minimum Gasteiger partial charge on any atom is -0.316 e. The standard InChI is InChI=1S/C6H10F3N/c1-10-5-3-2-4(5)6(7,8)9/h4-5,10H,2-3H2,1H3.